The number of pyridine rings is 1. The molecule has 0 aliphatic rings. The molecule has 0 fully saturated rings. The lowest BCUT2D eigenvalue weighted by Gasteiger charge is -2.00. The molecule has 16 heavy (non-hydrogen) atoms. The SMILES string of the molecule is Brc1cccn2c(Cc3cccs3)ncc12. The molecule has 0 aliphatic carbocycles. The van der Waals surface area contributed by atoms with Gasteiger partial charge in [0.15, 0.2) is 0 Å². The summed E-state index contributed by atoms with van der Waals surface area (Å²) in [6.07, 6.45) is 4.85. The number of halogens is 1. The number of hydrogen-bond acceptors (Lipinski definition) is 2. The van der Waals surface area contributed by atoms with E-state index in [1.807, 2.05) is 18.3 Å². The minimum atomic E-state index is 0.891. The van der Waals surface area contributed by atoms with Crippen LogP contribution in [0.25, 0.3) is 5.52 Å². The Bertz CT molecular complexity index is 613. The fourth-order valence-corrected chi connectivity index (χ4v) is 2.89. The zero-order chi connectivity index (χ0) is 11.0. The third-order valence-corrected chi connectivity index (χ3v) is 4.06. The number of imidazole rings is 1. The number of aromatic nitrogens is 2. The summed E-state index contributed by atoms with van der Waals surface area (Å²) in [5, 5.41) is 2.10. The standard InChI is InChI=1S/C12H9BrN2S/c13-10-4-1-5-15-11(10)8-14-12(15)7-9-3-2-6-16-9/h1-6,8H,7H2. The first kappa shape index (κ1) is 10.1. The molecular weight excluding hydrogens is 284 g/mol. The molecule has 0 unspecified atom stereocenters. The van der Waals surface area contributed by atoms with Gasteiger partial charge in [-0.3, -0.25) is 0 Å². The Labute approximate surface area is 106 Å². The van der Waals surface area contributed by atoms with E-state index in [0.717, 1.165) is 22.2 Å². The van der Waals surface area contributed by atoms with Crippen molar-refractivity contribution in [3.8, 4) is 0 Å². The van der Waals surface area contributed by atoms with Gasteiger partial charge in [0.25, 0.3) is 0 Å². The number of nitrogens with zero attached hydrogens (tertiary/aromatic N) is 2. The third-order valence-electron chi connectivity index (χ3n) is 2.51. The van der Waals surface area contributed by atoms with E-state index >= 15 is 0 Å². The molecule has 3 aromatic heterocycles. The number of thiophene rings is 1. The molecule has 3 aromatic rings. The van der Waals surface area contributed by atoms with Gasteiger partial charge in [0, 0.05) is 22.0 Å². The Morgan fingerprint density at radius 3 is 3.06 bits per heavy atom. The van der Waals surface area contributed by atoms with Crippen LogP contribution in [0.2, 0.25) is 0 Å². The van der Waals surface area contributed by atoms with Gasteiger partial charge in [-0.05, 0) is 39.5 Å². The van der Waals surface area contributed by atoms with Gasteiger partial charge in [0.2, 0.25) is 0 Å². The molecule has 0 bridgehead atoms. The smallest absolute Gasteiger partial charge is 0.118 e. The molecule has 0 amide bonds. The fourth-order valence-electron chi connectivity index (χ4n) is 1.74. The van der Waals surface area contributed by atoms with E-state index in [2.05, 4.69) is 49.0 Å². The summed E-state index contributed by atoms with van der Waals surface area (Å²) in [5.74, 6) is 1.08. The third kappa shape index (κ3) is 1.68. The second kappa shape index (κ2) is 4.03. The van der Waals surface area contributed by atoms with Crippen molar-refractivity contribution in [2.24, 2.45) is 0 Å². The molecule has 0 aromatic carbocycles. The van der Waals surface area contributed by atoms with Crippen LogP contribution in [0.4, 0.5) is 0 Å². The maximum absolute atomic E-state index is 4.47. The van der Waals surface area contributed by atoms with Gasteiger partial charge >= 0.3 is 0 Å². The first-order chi connectivity index (χ1) is 7.84. The Morgan fingerprint density at radius 2 is 2.25 bits per heavy atom. The van der Waals surface area contributed by atoms with Crippen LogP contribution in [-0.4, -0.2) is 9.38 Å². The maximum Gasteiger partial charge on any atom is 0.118 e. The first-order valence-corrected chi connectivity index (χ1v) is 6.65. The Morgan fingerprint density at radius 1 is 1.31 bits per heavy atom. The molecule has 0 saturated carbocycles. The fraction of sp³-hybridized carbons (Fsp3) is 0.0833. The van der Waals surface area contributed by atoms with Crippen LogP contribution in [0.15, 0.2) is 46.5 Å². The molecule has 4 heteroatoms. The Kier molecular flexibility index (Phi) is 2.53. The molecule has 80 valence electrons. The normalized spacial score (nSPS) is 11.1. The minimum absolute atomic E-state index is 0.891. The second-order valence-electron chi connectivity index (χ2n) is 3.54. The first-order valence-electron chi connectivity index (χ1n) is 4.97. The summed E-state index contributed by atoms with van der Waals surface area (Å²) in [4.78, 5) is 5.81. The van der Waals surface area contributed by atoms with Gasteiger partial charge < -0.3 is 4.40 Å². The molecule has 0 radical (unpaired) electrons. The zero-order valence-corrected chi connectivity index (χ0v) is 10.8. The summed E-state index contributed by atoms with van der Waals surface area (Å²) in [6.45, 7) is 0. The molecule has 0 aliphatic heterocycles. The number of fused-ring (bicyclic) bond motifs is 1. The summed E-state index contributed by atoms with van der Waals surface area (Å²) in [5.41, 5.74) is 1.12. The second-order valence-corrected chi connectivity index (χ2v) is 5.43. The molecule has 2 nitrogen and oxygen atoms in total. The molecule has 0 atom stereocenters. The van der Waals surface area contributed by atoms with Gasteiger partial charge in [-0.25, -0.2) is 4.98 Å². The highest BCUT2D eigenvalue weighted by atomic mass is 79.9. The lowest BCUT2D eigenvalue weighted by molar-refractivity contribution is 0.972. The summed E-state index contributed by atoms with van der Waals surface area (Å²) in [7, 11) is 0. The van der Waals surface area contributed by atoms with E-state index in [9.17, 15) is 0 Å². The van der Waals surface area contributed by atoms with Crippen molar-refractivity contribution in [1.82, 2.24) is 9.38 Å². The summed E-state index contributed by atoms with van der Waals surface area (Å²) in [6, 6.07) is 8.28. The predicted molar refractivity (Wildman–Crippen MR) is 70.0 cm³/mol. The molecular formula is C12H9BrN2S. The van der Waals surface area contributed by atoms with Crippen LogP contribution in [0.3, 0.4) is 0 Å². The number of hydrogen-bond donors (Lipinski definition) is 0. The van der Waals surface area contributed by atoms with Gasteiger partial charge in [0.05, 0.1) is 11.7 Å². The van der Waals surface area contributed by atoms with Crippen LogP contribution in [0, 0.1) is 0 Å². The van der Waals surface area contributed by atoms with Crippen LogP contribution in [0.1, 0.15) is 10.7 Å². The van der Waals surface area contributed by atoms with E-state index < -0.39 is 0 Å². The van der Waals surface area contributed by atoms with Crippen molar-refractivity contribution in [2.45, 2.75) is 6.42 Å². The van der Waals surface area contributed by atoms with Crippen LogP contribution < -0.4 is 0 Å². The topological polar surface area (TPSA) is 17.3 Å². The highest BCUT2D eigenvalue weighted by Crippen LogP contribution is 2.20. The van der Waals surface area contributed by atoms with Crippen LogP contribution >= 0.6 is 27.3 Å². The zero-order valence-electron chi connectivity index (χ0n) is 8.43. The maximum atomic E-state index is 4.47. The predicted octanol–water partition coefficient (Wildman–Crippen LogP) is 3.75. The molecule has 3 heterocycles. The molecule has 3 rings (SSSR count). The highest BCUT2D eigenvalue weighted by molar-refractivity contribution is 9.10. The van der Waals surface area contributed by atoms with E-state index in [1.165, 1.54) is 4.88 Å². The van der Waals surface area contributed by atoms with Crippen LogP contribution in [0.5, 0.6) is 0 Å². The van der Waals surface area contributed by atoms with E-state index in [-0.39, 0.29) is 0 Å². The van der Waals surface area contributed by atoms with Crippen molar-refractivity contribution in [1.29, 1.82) is 0 Å². The summed E-state index contributed by atoms with van der Waals surface area (Å²) >= 11 is 5.30. The van der Waals surface area contributed by atoms with E-state index in [4.69, 9.17) is 0 Å². The monoisotopic (exact) mass is 292 g/mol. The molecule has 0 saturated heterocycles. The van der Waals surface area contributed by atoms with Crippen molar-refractivity contribution in [3.63, 3.8) is 0 Å². The van der Waals surface area contributed by atoms with Crippen molar-refractivity contribution in [2.75, 3.05) is 0 Å². The quantitative estimate of drug-likeness (QED) is 0.703. The average Bonchev–Trinajstić information content (AvgIpc) is 2.90. The lowest BCUT2D eigenvalue weighted by Crippen LogP contribution is -1.94. The largest absolute Gasteiger partial charge is 0.302 e. The lowest BCUT2D eigenvalue weighted by atomic mass is 10.3. The van der Waals surface area contributed by atoms with Gasteiger partial charge in [-0.1, -0.05) is 6.07 Å². The van der Waals surface area contributed by atoms with Crippen molar-refractivity contribution in [3.05, 3.63) is 57.2 Å². The summed E-state index contributed by atoms with van der Waals surface area (Å²) < 4.78 is 3.21. The molecule has 0 N–H and O–H groups in total. The Balaban J connectivity index is 2.08. The van der Waals surface area contributed by atoms with Crippen LogP contribution in [-0.2, 0) is 6.42 Å². The van der Waals surface area contributed by atoms with Gasteiger partial charge in [-0.15, -0.1) is 11.3 Å². The minimum Gasteiger partial charge on any atom is -0.302 e. The van der Waals surface area contributed by atoms with Crippen molar-refractivity contribution >= 4 is 32.8 Å². The Hall–Kier alpha value is -1.13. The average molecular weight is 293 g/mol. The van der Waals surface area contributed by atoms with Gasteiger partial charge in [0.1, 0.15) is 5.82 Å². The highest BCUT2D eigenvalue weighted by Gasteiger charge is 2.06. The van der Waals surface area contributed by atoms with Gasteiger partial charge in [-0.2, -0.15) is 0 Å². The van der Waals surface area contributed by atoms with Crippen molar-refractivity contribution < 1.29 is 0 Å². The number of rotatable bonds is 2. The van der Waals surface area contributed by atoms with E-state index in [1.54, 1.807) is 11.3 Å². The van der Waals surface area contributed by atoms with E-state index in [0.29, 0.717) is 0 Å². The molecule has 0 spiro atoms.